The van der Waals surface area contributed by atoms with Crippen molar-refractivity contribution in [1.82, 2.24) is 0 Å². The van der Waals surface area contributed by atoms with Gasteiger partial charge in [-0.2, -0.15) is 11.8 Å². The van der Waals surface area contributed by atoms with Gasteiger partial charge in [-0.25, -0.2) is 0 Å². The molecule has 0 spiro atoms. The first-order valence-electron chi connectivity index (χ1n) is 4.63. The molecule has 0 aromatic carbocycles. The molecule has 0 aliphatic carbocycles. The highest BCUT2D eigenvalue weighted by molar-refractivity contribution is 7.98. The number of aliphatic hydroxyl groups is 1. The molecule has 0 aliphatic heterocycles. The van der Waals surface area contributed by atoms with Crippen LogP contribution in [0.15, 0.2) is 12.3 Å². The molecule has 0 heterocycles. The second-order valence-electron chi connectivity index (χ2n) is 3.08. The summed E-state index contributed by atoms with van der Waals surface area (Å²) < 4.78 is 0. The van der Waals surface area contributed by atoms with Gasteiger partial charge < -0.3 is 5.11 Å². The lowest BCUT2D eigenvalue weighted by Crippen LogP contribution is -1.83. The quantitative estimate of drug-likeness (QED) is 0.462. The molecule has 0 aliphatic rings. The van der Waals surface area contributed by atoms with Crippen LogP contribution in [0.25, 0.3) is 0 Å². The molecule has 1 nitrogen and oxygen atoms in total. The molecule has 0 amide bonds. The molecular formula is C10H20OS. The Hall–Kier alpha value is -0.110. The number of hydrogen-bond acceptors (Lipinski definition) is 2. The summed E-state index contributed by atoms with van der Waals surface area (Å²) in [6, 6.07) is 0. The summed E-state index contributed by atoms with van der Waals surface area (Å²) in [5.74, 6) is 1.62. The molecule has 0 unspecified atom stereocenters. The van der Waals surface area contributed by atoms with Crippen molar-refractivity contribution in [3.8, 4) is 0 Å². The molecular weight excluding hydrogens is 168 g/mol. The van der Waals surface area contributed by atoms with Crippen LogP contribution in [-0.4, -0.2) is 17.1 Å². The van der Waals surface area contributed by atoms with E-state index in [9.17, 15) is 0 Å². The fourth-order valence-electron chi connectivity index (χ4n) is 1.11. The largest absolute Gasteiger partial charge is 0.513 e. The van der Waals surface area contributed by atoms with Gasteiger partial charge in [-0.3, -0.25) is 0 Å². The zero-order valence-corrected chi connectivity index (χ0v) is 8.83. The fraction of sp³-hybridized carbons (Fsp3) is 0.800. The van der Waals surface area contributed by atoms with Gasteiger partial charge in [-0.1, -0.05) is 25.8 Å². The van der Waals surface area contributed by atoms with Crippen molar-refractivity contribution in [1.29, 1.82) is 0 Å². The van der Waals surface area contributed by atoms with E-state index in [4.69, 9.17) is 5.11 Å². The third-order valence-electron chi connectivity index (χ3n) is 1.81. The summed E-state index contributed by atoms with van der Waals surface area (Å²) in [4.78, 5) is 0. The Kier molecular flexibility index (Phi) is 8.90. The van der Waals surface area contributed by atoms with E-state index < -0.39 is 0 Å². The molecule has 2 heteroatoms. The average Bonchev–Trinajstić information content (AvgIpc) is 2.02. The van der Waals surface area contributed by atoms with Crippen molar-refractivity contribution in [2.75, 3.05) is 12.0 Å². The van der Waals surface area contributed by atoms with Gasteiger partial charge in [0.25, 0.3) is 0 Å². The minimum Gasteiger partial charge on any atom is -0.513 e. The van der Waals surface area contributed by atoms with Crippen LogP contribution in [0.3, 0.4) is 0 Å². The SMILES string of the molecule is C=C(O)CCCCCCCSC. The maximum Gasteiger partial charge on any atom is 0.0851 e. The summed E-state index contributed by atoms with van der Waals surface area (Å²) in [6.45, 7) is 3.45. The minimum atomic E-state index is 0.333. The molecule has 0 radical (unpaired) electrons. The lowest BCUT2D eigenvalue weighted by atomic mass is 10.1. The van der Waals surface area contributed by atoms with Crippen molar-refractivity contribution < 1.29 is 5.11 Å². The minimum absolute atomic E-state index is 0.333. The van der Waals surface area contributed by atoms with Crippen LogP contribution < -0.4 is 0 Å². The lowest BCUT2D eigenvalue weighted by molar-refractivity contribution is 0.383. The van der Waals surface area contributed by atoms with Gasteiger partial charge in [0, 0.05) is 6.42 Å². The fourth-order valence-corrected chi connectivity index (χ4v) is 1.60. The van der Waals surface area contributed by atoms with Crippen molar-refractivity contribution in [3.63, 3.8) is 0 Å². The summed E-state index contributed by atoms with van der Waals surface area (Å²) >= 11 is 1.92. The number of rotatable bonds is 8. The molecule has 0 aromatic heterocycles. The number of thioether (sulfide) groups is 1. The Morgan fingerprint density at radius 1 is 1.17 bits per heavy atom. The molecule has 0 rings (SSSR count). The van der Waals surface area contributed by atoms with Gasteiger partial charge in [0.05, 0.1) is 5.76 Å². The van der Waals surface area contributed by atoms with Gasteiger partial charge in [-0.15, -0.1) is 0 Å². The maximum atomic E-state index is 8.80. The van der Waals surface area contributed by atoms with Crippen molar-refractivity contribution in [3.05, 3.63) is 12.3 Å². The Balaban J connectivity index is 2.86. The van der Waals surface area contributed by atoms with Gasteiger partial charge in [0.2, 0.25) is 0 Å². The van der Waals surface area contributed by atoms with Crippen molar-refractivity contribution in [2.24, 2.45) is 0 Å². The first-order chi connectivity index (χ1) is 5.77. The first kappa shape index (κ1) is 11.9. The number of aliphatic hydroxyl groups excluding tert-OH is 1. The molecule has 72 valence electrons. The lowest BCUT2D eigenvalue weighted by Gasteiger charge is -1.99. The molecule has 12 heavy (non-hydrogen) atoms. The van der Waals surface area contributed by atoms with Crippen LogP contribution in [0.5, 0.6) is 0 Å². The third-order valence-corrected chi connectivity index (χ3v) is 2.51. The predicted octanol–water partition coefficient (Wildman–Crippen LogP) is 3.76. The topological polar surface area (TPSA) is 20.2 Å². The normalized spacial score (nSPS) is 10.1. The number of allylic oxidation sites excluding steroid dienone is 1. The number of hydrogen-bond donors (Lipinski definition) is 1. The molecule has 0 fully saturated rings. The summed E-state index contributed by atoms with van der Waals surface area (Å²) in [5, 5.41) is 8.80. The van der Waals surface area contributed by atoms with Crippen LogP contribution in [-0.2, 0) is 0 Å². The summed E-state index contributed by atoms with van der Waals surface area (Å²) in [6.07, 6.45) is 9.22. The van der Waals surface area contributed by atoms with Crippen LogP contribution in [0.2, 0.25) is 0 Å². The van der Waals surface area contributed by atoms with E-state index in [2.05, 4.69) is 12.8 Å². The van der Waals surface area contributed by atoms with Crippen molar-refractivity contribution in [2.45, 2.75) is 38.5 Å². The van der Waals surface area contributed by atoms with E-state index in [0.29, 0.717) is 5.76 Å². The van der Waals surface area contributed by atoms with Crippen LogP contribution in [0.1, 0.15) is 38.5 Å². The number of unbranched alkanes of at least 4 members (excludes halogenated alkanes) is 4. The van der Waals surface area contributed by atoms with E-state index in [0.717, 1.165) is 12.8 Å². The standard InChI is InChI=1S/C10H20OS/c1-10(11)8-6-4-3-5-7-9-12-2/h11H,1,3-9H2,2H3. The Morgan fingerprint density at radius 2 is 1.75 bits per heavy atom. The second-order valence-corrected chi connectivity index (χ2v) is 4.06. The molecule has 0 aromatic rings. The van der Waals surface area contributed by atoms with E-state index in [1.54, 1.807) is 0 Å². The van der Waals surface area contributed by atoms with Crippen LogP contribution >= 0.6 is 11.8 Å². The smallest absolute Gasteiger partial charge is 0.0851 e. The zero-order chi connectivity index (χ0) is 9.23. The highest BCUT2D eigenvalue weighted by atomic mass is 32.2. The highest BCUT2D eigenvalue weighted by Crippen LogP contribution is 2.09. The predicted molar refractivity (Wildman–Crippen MR) is 57.9 cm³/mol. The van der Waals surface area contributed by atoms with Gasteiger partial charge in [0.1, 0.15) is 0 Å². The molecule has 1 N–H and O–H groups in total. The van der Waals surface area contributed by atoms with Crippen molar-refractivity contribution >= 4 is 11.8 Å². The zero-order valence-electron chi connectivity index (χ0n) is 8.01. The van der Waals surface area contributed by atoms with Gasteiger partial charge >= 0.3 is 0 Å². The van der Waals surface area contributed by atoms with Crippen LogP contribution in [0.4, 0.5) is 0 Å². The second kappa shape index (κ2) is 8.98. The summed E-state index contributed by atoms with van der Waals surface area (Å²) in [5.41, 5.74) is 0. The third kappa shape index (κ3) is 9.89. The van der Waals surface area contributed by atoms with Gasteiger partial charge in [-0.05, 0) is 24.9 Å². The Labute approximate surface area is 80.3 Å². The van der Waals surface area contributed by atoms with E-state index >= 15 is 0 Å². The molecule has 0 saturated carbocycles. The highest BCUT2D eigenvalue weighted by Gasteiger charge is 1.91. The van der Waals surface area contributed by atoms with E-state index in [1.807, 2.05) is 11.8 Å². The first-order valence-corrected chi connectivity index (χ1v) is 6.02. The van der Waals surface area contributed by atoms with E-state index in [-0.39, 0.29) is 0 Å². The monoisotopic (exact) mass is 188 g/mol. The molecule has 0 atom stereocenters. The average molecular weight is 188 g/mol. The summed E-state index contributed by atoms with van der Waals surface area (Å²) in [7, 11) is 0. The van der Waals surface area contributed by atoms with Gasteiger partial charge in [0.15, 0.2) is 0 Å². The molecule has 0 saturated heterocycles. The maximum absolute atomic E-state index is 8.80. The molecule has 0 bridgehead atoms. The Morgan fingerprint density at radius 3 is 2.33 bits per heavy atom. The van der Waals surface area contributed by atoms with E-state index in [1.165, 1.54) is 31.4 Å². The Bertz CT molecular complexity index is 112. The van der Waals surface area contributed by atoms with Crippen LogP contribution in [0, 0.1) is 0 Å².